The van der Waals surface area contributed by atoms with Crippen LogP contribution in [-0.2, 0) is 0 Å². The van der Waals surface area contributed by atoms with Crippen molar-refractivity contribution in [3.05, 3.63) is 0 Å². The third kappa shape index (κ3) is 2.44. The number of aliphatic hydroxyl groups is 1. The highest BCUT2D eigenvalue weighted by Crippen LogP contribution is 2.24. The average Bonchev–Trinajstić information content (AvgIpc) is 1.99. The normalized spacial score (nSPS) is 29.3. The highest BCUT2D eigenvalue weighted by molar-refractivity contribution is 4.85. The van der Waals surface area contributed by atoms with Gasteiger partial charge in [0, 0.05) is 19.1 Å². The summed E-state index contributed by atoms with van der Waals surface area (Å²) in [5, 5.41) is 9.23. The molecular weight excluding hydrogens is 162 g/mol. The first-order valence-corrected chi connectivity index (χ1v) is 5.78. The van der Waals surface area contributed by atoms with Crippen molar-refractivity contribution in [1.29, 1.82) is 0 Å². The SMILES string of the molecule is OC1CN(C2CCCCCCC2)C1. The zero-order chi connectivity index (χ0) is 9.10. The highest BCUT2D eigenvalue weighted by Gasteiger charge is 2.30. The average molecular weight is 183 g/mol. The first kappa shape index (κ1) is 9.47. The highest BCUT2D eigenvalue weighted by atomic mass is 16.3. The molecule has 0 aromatic heterocycles. The molecule has 2 nitrogen and oxygen atoms in total. The standard InChI is InChI=1S/C11H21NO/c13-11-8-12(9-11)10-6-4-2-1-3-5-7-10/h10-11,13H,1-9H2. The summed E-state index contributed by atoms with van der Waals surface area (Å²) in [6.07, 6.45) is 9.80. The molecule has 13 heavy (non-hydrogen) atoms. The fourth-order valence-electron chi connectivity index (χ4n) is 2.59. The van der Waals surface area contributed by atoms with E-state index < -0.39 is 0 Å². The molecule has 1 N–H and O–H groups in total. The lowest BCUT2D eigenvalue weighted by atomic mass is 9.93. The Morgan fingerprint density at radius 1 is 0.846 bits per heavy atom. The molecule has 0 atom stereocenters. The number of nitrogens with zero attached hydrogens (tertiary/aromatic N) is 1. The van der Waals surface area contributed by atoms with E-state index in [1.165, 1.54) is 44.9 Å². The molecule has 2 rings (SSSR count). The minimum absolute atomic E-state index is 0.0227. The van der Waals surface area contributed by atoms with E-state index in [9.17, 15) is 5.11 Å². The van der Waals surface area contributed by atoms with E-state index in [1.807, 2.05) is 0 Å². The molecule has 76 valence electrons. The second kappa shape index (κ2) is 4.43. The fourth-order valence-corrected chi connectivity index (χ4v) is 2.59. The molecule has 0 aromatic rings. The van der Waals surface area contributed by atoms with Crippen LogP contribution in [0, 0.1) is 0 Å². The van der Waals surface area contributed by atoms with Gasteiger partial charge in [-0.1, -0.05) is 32.1 Å². The third-order valence-corrected chi connectivity index (χ3v) is 3.48. The van der Waals surface area contributed by atoms with Crippen LogP contribution >= 0.6 is 0 Å². The van der Waals surface area contributed by atoms with E-state index in [0.717, 1.165) is 19.1 Å². The molecule has 0 aromatic carbocycles. The van der Waals surface area contributed by atoms with Gasteiger partial charge in [-0.3, -0.25) is 4.90 Å². The van der Waals surface area contributed by atoms with Crippen LogP contribution < -0.4 is 0 Å². The van der Waals surface area contributed by atoms with Gasteiger partial charge in [-0.2, -0.15) is 0 Å². The third-order valence-electron chi connectivity index (χ3n) is 3.48. The molecule has 2 fully saturated rings. The zero-order valence-electron chi connectivity index (χ0n) is 8.41. The van der Waals surface area contributed by atoms with Gasteiger partial charge >= 0.3 is 0 Å². The van der Waals surface area contributed by atoms with E-state index in [2.05, 4.69) is 4.90 Å². The molecular formula is C11H21NO. The quantitative estimate of drug-likeness (QED) is 0.670. The zero-order valence-corrected chi connectivity index (χ0v) is 8.41. The summed E-state index contributed by atoms with van der Waals surface area (Å²) in [6, 6.07) is 0.795. The van der Waals surface area contributed by atoms with Gasteiger partial charge in [-0.25, -0.2) is 0 Å². The van der Waals surface area contributed by atoms with Crippen molar-refractivity contribution in [2.24, 2.45) is 0 Å². The van der Waals surface area contributed by atoms with Crippen LogP contribution in [0.25, 0.3) is 0 Å². The van der Waals surface area contributed by atoms with Gasteiger partial charge in [0.15, 0.2) is 0 Å². The summed E-state index contributed by atoms with van der Waals surface area (Å²) in [4.78, 5) is 2.47. The van der Waals surface area contributed by atoms with Crippen LogP contribution in [0.1, 0.15) is 44.9 Å². The van der Waals surface area contributed by atoms with Gasteiger partial charge in [-0.05, 0) is 12.8 Å². The van der Waals surface area contributed by atoms with Crippen molar-refractivity contribution in [1.82, 2.24) is 4.90 Å². The van der Waals surface area contributed by atoms with Crippen molar-refractivity contribution in [3.63, 3.8) is 0 Å². The van der Waals surface area contributed by atoms with E-state index >= 15 is 0 Å². The van der Waals surface area contributed by atoms with Crippen LogP contribution in [0.15, 0.2) is 0 Å². The van der Waals surface area contributed by atoms with Crippen LogP contribution in [-0.4, -0.2) is 35.2 Å². The molecule has 0 unspecified atom stereocenters. The van der Waals surface area contributed by atoms with E-state index in [-0.39, 0.29) is 6.10 Å². The number of hydrogen-bond acceptors (Lipinski definition) is 2. The van der Waals surface area contributed by atoms with Gasteiger partial charge in [0.1, 0.15) is 0 Å². The Balaban J connectivity index is 1.76. The van der Waals surface area contributed by atoms with Crippen LogP contribution in [0.2, 0.25) is 0 Å². The number of aliphatic hydroxyl groups excluding tert-OH is 1. The van der Waals surface area contributed by atoms with Crippen LogP contribution in [0.5, 0.6) is 0 Å². The second-order valence-corrected chi connectivity index (χ2v) is 4.61. The molecule has 1 saturated heterocycles. The maximum Gasteiger partial charge on any atom is 0.0794 e. The smallest absolute Gasteiger partial charge is 0.0794 e. The Hall–Kier alpha value is -0.0800. The predicted molar refractivity (Wildman–Crippen MR) is 53.7 cm³/mol. The van der Waals surface area contributed by atoms with Crippen molar-refractivity contribution < 1.29 is 5.11 Å². The van der Waals surface area contributed by atoms with Crippen molar-refractivity contribution in [2.75, 3.05) is 13.1 Å². The van der Waals surface area contributed by atoms with Gasteiger partial charge in [0.2, 0.25) is 0 Å². The number of rotatable bonds is 1. The summed E-state index contributed by atoms with van der Waals surface area (Å²) in [6.45, 7) is 1.87. The van der Waals surface area contributed by atoms with Crippen molar-refractivity contribution >= 4 is 0 Å². The lowest BCUT2D eigenvalue weighted by molar-refractivity contribution is -0.0305. The Morgan fingerprint density at radius 3 is 1.92 bits per heavy atom. The molecule has 1 saturated carbocycles. The number of β-amino-alcohol motifs (C(OH)–C–C–N with tert-alkyl or cyclic N) is 1. The lowest BCUT2D eigenvalue weighted by Gasteiger charge is -2.42. The van der Waals surface area contributed by atoms with Gasteiger partial charge < -0.3 is 5.11 Å². The Morgan fingerprint density at radius 2 is 1.38 bits per heavy atom. The van der Waals surface area contributed by atoms with Crippen LogP contribution in [0.4, 0.5) is 0 Å². The molecule has 1 heterocycles. The summed E-state index contributed by atoms with van der Waals surface area (Å²) in [5.41, 5.74) is 0. The molecule has 0 bridgehead atoms. The van der Waals surface area contributed by atoms with E-state index in [1.54, 1.807) is 0 Å². The van der Waals surface area contributed by atoms with Gasteiger partial charge in [0.05, 0.1) is 6.10 Å². The minimum Gasteiger partial charge on any atom is -0.390 e. The maximum atomic E-state index is 9.23. The topological polar surface area (TPSA) is 23.5 Å². The van der Waals surface area contributed by atoms with E-state index in [4.69, 9.17) is 0 Å². The molecule has 1 aliphatic heterocycles. The van der Waals surface area contributed by atoms with Gasteiger partial charge in [-0.15, -0.1) is 0 Å². The summed E-state index contributed by atoms with van der Waals surface area (Å²) in [5.74, 6) is 0. The summed E-state index contributed by atoms with van der Waals surface area (Å²) < 4.78 is 0. The molecule has 1 aliphatic carbocycles. The summed E-state index contributed by atoms with van der Waals surface area (Å²) >= 11 is 0. The maximum absolute atomic E-state index is 9.23. The van der Waals surface area contributed by atoms with E-state index in [0.29, 0.717) is 0 Å². The van der Waals surface area contributed by atoms with Crippen molar-refractivity contribution in [3.8, 4) is 0 Å². The first-order chi connectivity index (χ1) is 6.36. The number of likely N-dealkylation sites (tertiary alicyclic amines) is 1. The Labute approximate surface area is 80.9 Å². The monoisotopic (exact) mass is 183 g/mol. The van der Waals surface area contributed by atoms with Crippen molar-refractivity contribution in [2.45, 2.75) is 57.1 Å². The molecule has 0 amide bonds. The van der Waals surface area contributed by atoms with Gasteiger partial charge in [0.25, 0.3) is 0 Å². The molecule has 2 aliphatic rings. The second-order valence-electron chi connectivity index (χ2n) is 4.61. The predicted octanol–water partition coefficient (Wildman–Crippen LogP) is 1.78. The Kier molecular flexibility index (Phi) is 3.23. The van der Waals surface area contributed by atoms with Crippen LogP contribution in [0.3, 0.4) is 0 Å². The number of hydrogen-bond donors (Lipinski definition) is 1. The Bertz CT molecular complexity index is 146. The molecule has 2 heteroatoms. The first-order valence-electron chi connectivity index (χ1n) is 5.78. The summed E-state index contributed by atoms with van der Waals surface area (Å²) in [7, 11) is 0. The minimum atomic E-state index is -0.0227. The lowest BCUT2D eigenvalue weighted by Crippen LogP contribution is -2.55. The molecule has 0 spiro atoms. The molecule has 0 radical (unpaired) electrons. The fraction of sp³-hybridized carbons (Fsp3) is 1.00. The largest absolute Gasteiger partial charge is 0.390 e.